The van der Waals surface area contributed by atoms with Crippen molar-refractivity contribution in [2.45, 2.75) is 147 Å². The number of hydrogen-bond donors (Lipinski definition) is 8. The first-order valence-electron chi connectivity index (χ1n) is 19.6. The van der Waals surface area contributed by atoms with E-state index in [1.54, 1.807) is 31.2 Å². The molecule has 0 aromatic heterocycles. The lowest BCUT2D eigenvalue weighted by Gasteiger charge is -2.38. The molecular weight excluding hydrogens is 668 g/mol. The van der Waals surface area contributed by atoms with Crippen LogP contribution >= 0.6 is 0 Å². The van der Waals surface area contributed by atoms with Crippen LogP contribution in [0.1, 0.15) is 115 Å². The Balaban J connectivity index is 2.16. The lowest BCUT2D eigenvalue weighted by Crippen LogP contribution is -2.54. The molecule has 292 valence electrons. The fraction of sp³-hybridized carbons (Fsp3) is 0.568. The number of benzene rings is 2. The molecule has 0 bridgehead atoms. The first-order valence-corrected chi connectivity index (χ1v) is 19.6. The highest BCUT2D eigenvalue weighted by molar-refractivity contribution is 5.66. The van der Waals surface area contributed by atoms with Crippen molar-refractivity contribution in [3.63, 3.8) is 0 Å². The Bertz CT molecular complexity index is 1510. The van der Waals surface area contributed by atoms with E-state index in [1.807, 2.05) is 37.3 Å². The Morgan fingerprint density at radius 3 is 2.49 bits per heavy atom. The van der Waals surface area contributed by atoms with Crippen LogP contribution in [0.2, 0.25) is 0 Å². The fourth-order valence-electron chi connectivity index (χ4n) is 7.18. The number of aromatic hydroxyl groups is 1. The lowest BCUT2D eigenvalue weighted by atomic mass is 9.83. The van der Waals surface area contributed by atoms with Crippen LogP contribution in [0.15, 0.2) is 71.8 Å². The van der Waals surface area contributed by atoms with Gasteiger partial charge in [0.1, 0.15) is 5.75 Å². The Labute approximate surface area is 317 Å². The average molecular weight is 733 g/mol. The van der Waals surface area contributed by atoms with Crippen molar-refractivity contribution in [2.75, 3.05) is 13.2 Å². The number of carboxylic acid groups (broad SMARTS) is 1. The molecule has 1 aliphatic heterocycles. The van der Waals surface area contributed by atoms with Gasteiger partial charge in [-0.05, 0) is 98.9 Å². The highest BCUT2D eigenvalue weighted by Crippen LogP contribution is 2.30. The van der Waals surface area contributed by atoms with Crippen molar-refractivity contribution in [1.29, 1.82) is 0 Å². The maximum Gasteiger partial charge on any atom is 0.303 e. The van der Waals surface area contributed by atoms with Gasteiger partial charge < -0.3 is 41.3 Å². The molecule has 1 aliphatic rings. The third kappa shape index (κ3) is 15.8. The zero-order chi connectivity index (χ0) is 38.6. The quantitative estimate of drug-likeness (QED) is 0.0573. The van der Waals surface area contributed by atoms with Crippen LogP contribution in [-0.2, 0) is 17.6 Å². The van der Waals surface area contributed by atoms with Gasteiger partial charge in [0.2, 0.25) is 0 Å². The summed E-state index contributed by atoms with van der Waals surface area (Å²) in [6.07, 6.45) is 10.6. The van der Waals surface area contributed by atoms with Crippen molar-refractivity contribution < 1.29 is 35.4 Å². The van der Waals surface area contributed by atoms with E-state index < -0.39 is 36.4 Å². The van der Waals surface area contributed by atoms with Gasteiger partial charge in [-0.3, -0.25) is 4.79 Å². The van der Waals surface area contributed by atoms with E-state index in [4.69, 9.17) is 0 Å². The number of aliphatic hydroxyl groups is 4. The molecule has 0 amide bonds. The van der Waals surface area contributed by atoms with Crippen molar-refractivity contribution in [3.8, 4) is 17.6 Å². The summed E-state index contributed by atoms with van der Waals surface area (Å²) in [5.74, 6) is 6.06. The van der Waals surface area contributed by atoms with Crippen LogP contribution in [-0.4, -0.2) is 85.7 Å². The van der Waals surface area contributed by atoms with Crippen LogP contribution < -0.4 is 10.6 Å². The van der Waals surface area contributed by atoms with Crippen molar-refractivity contribution in [3.05, 3.63) is 88.5 Å². The molecule has 0 saturated heterocycles. The minimum Gasteiger partial charge on any atom is -0.508 e. The maximum absolute atomic E-state index is 12.2. The van der Waals surface area contributed by atoms with Crippen LogP contribution in [0.25, 0.3) is 0 Å². The second-order valence-electron chi connectivity index (χ2n) is 14.8. The smallest absolute Gasteiger partial charge is 0.303 e. The van der Waals surface area contributed by atoms with Gasteiger partial charge in [-0.1, -0.05) is 93.9 Å². The van der Waals surface area contributed by atoms with E-state index in [9.17, 15) is 35.4 Å². The molecule has 8 N–H and O–H groups in total. The molecule has 3 rings (SSSR count). The minimum atomic E-state index is -1.28. The lowest BCUT2D eigenvalue weighted by molar-refractivity contribution is -0.137. The highest BCUT2D eigenvalue weighted by atomic mass is 16.4. The monoisotopic (exact) mass is 732 g/mol. The van der Waals surface area contributed by atoms with Crippen molar-refractivity contribution in [1.82, 2.24) is 10.6 Å². The summed E-state index contributed by atoms with van der Waals surface area (Å²) in [6.45, 7) is 6.24. The average Bonchev–Trinajstić information content (AvgIpc) is 3.12. The normalized spacial score (nSPS) is 21.0. The molecule has 0 saturated carbocycles. The Morgan fingerprint density at radius 1 is 1.04 bits per heavy atom. The number of rotatable bonds is 21. The molecule has 6 atom stereocenters. The van der Waals surface area contributed by atoms with Gasteiger partial charge in [0.15, 0.2) is 0 Å². The van der Waals surface area contributed by atoms with E-state index in [0.717, 1.165) is 66.5 Å². The molecule has 0 fully saturated rings. The number of phenols is 1. The summed E-state index contributed by atoms with van der Waals surface area (Å²) in [6, 6.07) is 14.0. The Hall–Kier alpha value is -3.49. The second-order valence-corrected chi connectivity index (χ2v) is 14.8. The van der Waals surface area contributed by atoms with Crippen LogP contribution in [0.3, 0.4) is 0 Å². The highest BCUT2D eigenvalue weighted by Gasteiger charge is 2.35. The number of carbonyl (C=O) groups is 1. The SMILES string of the molecule is CCCCC[C@H](O)/C=C/C1=C(\C[C@H](O)CO)[C@H](CCC[C@H](CCC(=O)O)NCC)N[C@@H]([C@@](C)(O)Cc2ccc(O)cc2)CC#Cc2ccccc2CC1. The molecule has 0 unspecified atom stereocenters. The summed E-state index contributed by atoms with van der Waals surface area (Å²) in [5.41, 5.74) is 3.44. The van der Waals surface area contributed by atoms with Crippen molar-refractivity contribution >= 4 is 5.97 Å². The number of carboxylic acids is 1. The number of aryl methyl sites for hydroxylation is 1. The number of fused-ring (bicyclic) bond motifs is 1. The third-order valence-corrected chi connectivity index (χ3v) is 10.2. The molecule has 9 heteroatoms. The van der Waals surface area contributed by atoms with E-state index in [2.05, 4.69) is 35.5 Å². The van der Waals surface area contributed by atoms with Gasteiger partial charge in [0.25, 0.3) is 0 Å². The molecular formula is C44H64N2O7. The standard InChI is InChI=1S/C44H64N2O7/c1-4-6-7-16-37(48)27-23-35-22-21-34-13-9-8-12-33(34)14-10-18-42(44(3,53)30-32-19-25-38(49)26-20-32)46-41(40(35)29-39(50)31-47)17-11-15-36(45-5-2)24-28-43(51)52/h8-9,12-13,19-20,23,25-27,36-37,39,41-42,45-50,53H,4-7,11,15-18,21-22,24,28-31H2,1-3H3,(H,51,52)/b27-23+,40-35+/t36-,37+,39+,41+,42-,44+/m1/s1. The van der Waals surface area contributed by atoms with Gasteiger partial charge in [0, 0.05) is 43.0 Å². The number of unbranched alkanes of at least 4 members (excludes halogenated alkanes) is 2. The number of aliphatic hydroxyl groups excluding tert-OH is 3. The summed E-state index contributed by atoms with van der Waals surface area (Å²) in [7, 11) is 0. The molecule has 0 radical (unpaired) electrons. The number of nitrogens with one attached hydrogen (secondary N) is 2. The number of hydrogen-bond acceptors (Lipinski definition) is 8. The largest absolute Gasteiger partial charge is 0.508 e. The Kier molecular flexibility index (Phi) is 19.3. The van der Waals surface area contributed by atoms with E-state index in [0.29, 0.717) is 44.9 Å². The van der Waals surface area contributed by atoms with Gasteiger partial charge in [-0.25, -0.2) is 0 Å². The molecule has 2 aromatic rings. The number of aliphatic carboxylic acids is 1. The first-order chi connectivity index (χ1) is 25.4. The van der Waals surface area contributed by atoms with Gasteiger partial charge >= 0.3 is 5.97 Å². The van der Waals surface area contributed by atoms with Gasteiger partial charge in [-0.2, -0.15) is 0 Å². The second kappa shape index (κ2) is 23.3. The summed E-state index contributed by atoms with van der Waals surface area (Å²) in [4.78, 5) is 11.4. The third-order valence-electron chi connectivity index (χ3n) is 10.2. The summed E-state index contributed by atoms with van der Waals surface area (Å²) < 4.78 is 0. The Morgan fingerprint density at radius 2 is 1.79 bits per heavy atom. The van der Waals surface area contributed by atoms with Crippen LogP contribution in [0.5, 0.6) is 5.75 Å². The molecule has 0 spiro atoms. The molecule has 53 heavy (non-hydrogen) atoms. The van der Waals surface area contributed by atoms with E-state index in [1.165, 1.54) is 0 Å². The zero-order valence-corrected chi connectivity index (χ0v) is 32.1. The minimum absolute atomic E-state index is 0.0196. The number of allylic oxidation sites excluding steroid dienone is 2. The van der Waals surface area contributed by atoms with Crippen LogP contribution in [0.4, 0.5) is 0 Å². The van der Waals surface area contributed by atoms with Crippen molar-refractivity contribution in [2.24, 2.45) is 0 Å². The summed E-state index contributed by atoms with van der Waals surface area (Å²) >= 11 is 0. The summed E-state index contributed by atoms with van der Waals surface area (Å²) in [5, 5.41) is 70.8. The molecule has 9 nitrogen and oxygen atoms in total. The maximum atomic E-state index is 12.2. The molecule has 0 aliphatic carbocycles. The predicted molar refractivity (Wildman–Crippen MR) is 212 cm³/mol. The number of phenolic OH excluding ortho intramolecular Hbond substituents is 1. The topological polar surface area (TPSA) is 163 Å². The zero-order valence-electron chi connectivity index (χ0n) is 32.1. The van der Waals surface area contributed by atoms with E-state index >= 15 is 0 Å². The predicted octanol–water partition coefficient (Wildman–Crippen LogP) is 5.95. The first kappa shape index (κ1) is 43.9. The van der Waals surface area contributed by atoms with Crippen LogP contribution in [0, 0.1) is 11.8 Å². The van der Waals surface area contributed by atoms with E-state index in [-0.39, 0.29) is 30.7 Å². The fourth-order valence-corrected chi connectivity index (χ4v) is 7.18. The molecule has 2 aromatic carbocycles. The molecule has 1 heterocycles. The van der Waals surface area contributed by atoms with Gasteiger partial charge in [0.05, 0.1) is 24.4 Å². The van der Waals surface area contributed by atoms with Gasteiger partial charge in [-0.15, -0.1) is 0 Å².